The van der Waals surface area contributed by atoms with Gasteiger partial charge in [0.15, 0.2) is 0 Å². The topological polar surface area (TPSA) is 20.2 Å². The van der Waals surface area contributed by atoms with Gasteiger partial charge in [0.05, 0.1) is 6.10 Å². The van der Waals surface area contributed by atoms with Gasteiger partial charge >= 0.3 is 0 Å². The lowest BCUT2D eigenvalue weighted by molar-refractivity contribution is 0.185. The molecule has 1 atom stereocenters. The normalized spacial score (nSPS) is 13.4. The third-order valence-electron chi connectivity index (χ3n) is 1.66. The van der Waals surface area contributed by atoms with Gasteiger partial charge in [0.1, 0.15) is 0 Å². The predicted molar refractivity (Wildman–Crippen MR) is 53.1 cm³/mol. The van der Waals surface area contributed by atoms with Crippen molar-refractivity contribution in [2.24, 2.45) is 0 Å². The highest BCUT2D eigenvalue weighted by Crippen LogP contribution is 2.08. The van der Waals surface area contributed by atoms with Gasteiger partial charge in [0.25, 0.3) is 0 Å². The molecule has 0 radical (unpaired) electrons. The number of rotatable bonds is 7. The summed E-state index contributed by atoms with van der Waals surface area (Å²) >= 11 is 1.82. The molecule has 0 spiro atoms. The lowest BCUT2D eigenvalue weighted by atomic mass is 10.1. The molecule has 0 saturated carbocycles. The third-order valence-corrected chi connectivity index (χ3v) is 2.68. The van der Waals surface area contributed by atoms with Crippen molar-refractivity contribution >= 4 is 11.8 Å². The van der Waals surface area contributed by atoms with Crippen molar-refractivity contribution in [2.45, 2.75) is 45.6 Å². The van der Waals surface area contributed by atoms with Gasteiger partial charge in [0.2, 0.25) is 0 Å². The van der Waals surface area contributed by atoms with E-state index < -0.39 is 0 Å². The monoisotopic (exact) mass is 176 g/mol. The van der Waals surface area contributed by atoms with E-state index in [1.165, 1.54) is 19.3 Å². The molecule has 0 aliphatic carbocycles. The molecule has 0 unspecified atom stereocenters. The lowest BCUT2D eigenvalue weighted by Gasteiger charge is -2.07. The van der Waals surface area contributed by atoms with Crippen molar-refractivity contribution in [1.82, 2.24) is 0 Å². The second-order valence-corrected chi connectivity index (χ2v) is 4.13. The second kappa shape index (κ2) is 8.41. The first-order chi connectivity index (χ1) is 5.31. The van der Waals surface area contributed by atoms with E-state index in [1.54, 1.807) is 0 Å². The summed E-state index contributed by atoms with van der Waals surface area (Å²) in [6, 6.07) is 0. The van der Waals surface area contributed by atoms with E-state index >= 15 is 0 Å². The molecule has 0 aromatic carbocycles. The van der Waals surface area contributed by atoms with E-state index in [4.69, 9.17) is 0 Å². The van der Waals surface area contributed by atoms with Crippen LogP contribution in [0.2, 0.25) is 0 Å². The fraction of sp³-hybridized carbons (Fsp3) is 1.00. The number of hydrogen-bond acceptors (Lipinski definition) is 2. The number of aliphatic hydroxyl groups is 1. The molecule has 0 aromatic rings. The molecule has 1 nitrogen and oxygen atoms in total. The Hall–Kier alpha value is 0.310. The van der Waals surface area contributed by atoms with Crippen LogP contribution in [0.25, 0.3) is 0 Å². The van der Waals surface area contributed by atoms with Crippen LogP contribution in [0.15, 0.2) is 0 Å². The van der Waals surface area contributed by atoms with Crippen molar-refractivity contribution in [2.75, 3.05) is 11.5 Å². The summed E-state index contributed by atoms with van der Waals surface area (Å²) in [5, 5.41) is 9.39. The Morgan fingerprint density at radius 2 is 2.00 bits per heavy atom. The zero-order valence-corrected chi connectivity index (χ0v) is 8.49. The molecule has 0 amide bonds. The quantitative estimate of drug-likeness (QED) is 0.602. The summed E-state index contributed by atoms with van der Waals surface area (Å²) in [5.74, 6) is 2.03. The highest BCUT2D eigenvalue weighted by atomic mass is 32.2. The van der Waals surface area contributed by atoms with E-state index in [0.29, 0.717) is 0 Å². The molecule has 0 rings (SSSR count). The second-order valence-electron chi connectivity index (χ2n) is 2.81. The van der Waals surface area contributed by atoms with Gasteiger partial charge in [-0.15, -0.1) is 0 Å². The average molecular weight is 176 g/mol. The Morgan fingerprint density at radius 1 is 1.27 bits per heavy atom. The standard InChI is InChI=1S/C9H20OS/c1-3-5-6-7-9(10)8-11-4-2/h9-10H,3-8H2,1-2H3/t9-/m1/s1. The van der Waals surface area contributed by atoms with E-state index in [9.17, 15) is 5.11 Å². The van der Waals surface area contributed by atoms with Gasteiger partial charge in [-0.25, -0.2) is 0 Å². The van der Waals surface area contributed by atoms with Crippen LogP contribution in [0.3, 0.4) is 0 Å². The van der Waals surface area contributed by atoms with E-state index in [0.717, 1.165) is 17.9 Å². The van der Waals surface area contributed by atoms with Crippen LogP contribution in [-0.4, -0.2) is 22.7 Å². The van der Waals surface area contributed by atoms with Crippen LogP contribution >= 0.6 is 11.8 Å². The number of hydrogen-bond donors (Lipinski definition) is 1. The first-order valence-corrected chi connectivity index (χ1v) is 5.72. The summed E-state index contributed by atoms with van der Waals surface area (Å²) in [4.78, 5) is 0. The van der Waals surface area contributed by atoms with Crippen molar-refractivity contribution < 1.29 is 5.11 Å². The predicted octanol–water partition coefficient (Wildman–Crippen LogP) is 2.68. The van der Waals surface area contributed by atoms with Gasteiger partial charge in [-0.3, -0.25) is 0 Å². The van der Waals surface area contributed by atoms with Crippen molar-refractivity contribution in [3.8, 4) is 0 Å². The lowest BCUT2D eigenvalue weighted by Crippen LogP contribution is -2.09. The van der Waals surface area contributed by atoms with Crippen LogP contribution in [-0.2, 0) is 0 Å². The molecule has 1 N–H and O–H groups in total. The van der Waals surface area contributed by atoms with Crippen molar-refractivity contribution in [3.63, 3.8) is 0 Å². The Labute approximate surface area is 74.6 Å². The minimum absolute atomic E-state index is 0.0634. The first kappa shape index (κ1) is 11.3. The Kier molecular flexibility index (Phi) is 8.64. The van der Waals surface area contributed by atoms with Crippen LogP contribution < -0.4 is 0 Å². The molecule has 0 aliphatic rings. The Balaban J connectivity index is 3.02. The van der Waals surface area contributed by atoms with Gasteiger partial charge in [0, 0.05) is 5.75 Å². The van der Waals surface area contributed by atoms with E-state index in [2.05, 4.69) is 13.8 Å². The number of thioether (sulfide) groups is 1. The van der Waals surface area contributed by atoms with Crippen LogP contribution in [0.5, 0.6) is 0 Å². The zero-order valence-electron chi connectivity index (χ0n) is 7.68. The fourth-order valence-electron chi connectivity index (χ4n) is 0.967. The average Bonchev–Trinajstić information content (AvgIpc) is 2.01. The van der Waals surface area contributed by atoms with Gasteiger partial charge < -0.3 is 5.11 Å². The van der Waals surface area contributed by atoms with Crippen LogP contribution in [0.4, 0.5) is 0 Å². The summed E-state index contributed by atoms with van der Waals surface area (Å²) < 4.78 is 0. The third kappa shape index (κ3) is 8.21. The molecule has 11 heavy (non-hydrogen) atoms. The Bertz CT molecular complexity index is 76.0. The number of unbranched alkanes of at least 4 members (excludes halogenated alkanes) is 2. The zero-order chi connectivity index (χ0) is 8.53. The van der Waals surface area contributed by atoms with Gasteiger partial charge in [-0.05, 0) is 12.2 Å². The summed E-state index contributed by atoms with van der Waals surface area (Å²) in [6.07, 6.45) is 4.61. The van der Waals surface area contributed by atoms with Crippen molar-refractivity contribution in [3.05, 3.63) is 0 Å². The summed E-state index contributed by atoms with van der Waals surface area (Å²) in [5.41, 5.74) is 0. The van der Waals surface area contributed by atoms with Gasteiger partial charge in [-0.1, -0.05) is 33.1 Å². The van der Waals surface area contributed by atoms with Crippen molar-refractivity contribution in [1.29, 1.82) is 0 Å². The maximum atomic E-state index is 9.39. The highest BCUT2D eigenvalue weighted by Gasteiger charge is 2.01. The van der Waals surface area contributed by atoms with Gasteiger partial charge in [-0.2, -0.15) is 11.8 Å². The Morgan fingerprint density at radius 3 is 2.55 bits per heavy atom. The molecule has 2 heteroatoms. The maximum absolute atomic E-state index is 9.39. The van der Waals surface area contributed by atoms with Crippen LogP contribution in [0.1, 0.15) is 39.5 Å². The molecule has 0 fully saturated rings. The summed E-state index contributed by atoms with van der Waals surface area (Å²) in [6.45, 7) is 4.32. The smallest absolute Gasteiger partial charge is 0.0630 e. The molecule has 0 heterocycles. The molecular weight excluding hydrogens is 156 g/mol. The van der Waals surface area contributed by atoms with Crippen LogP contribution in [0, 0.1) is 0 Å². The highest BCUT2D eigenvalue weighted by molar-refractivity contribution is 7.99. The first-order valence-electron chi connectivity index (χ1n) is 4.57. The molecule has 0 aliphatic heterocycles. The molecule has 0 saturated heterocycles. The molecular formula is C9H20OS. The molecule has 0 aromatic heterocycles. The van der Waals surface area contributed by atoms with E-state index in [-0.39, 0.29) is 6.10 Å². The summed E-state index contributed by atoms with van der Waals surface area (Å²) in [7, 11) is 0. The largest absolute Gasteiger partial charge is 0.392 e. The molecule has 68 valence electrons. The SMILES string of the molecule is CCCCC[C@@H](O)CSCC. The maximum Gasteiger partial charge on any atom is 0.0630 e. The molecule has 0 bridgehead atoms. The minimum atomic E-state index is -0.0634. The minimum Gasteiger partial charge on any atom is -0.392 e. The number of aliphatic hydroxyl groups excluding tert-OH is 1. The fourth-order valence-corrected chi connectivity index (χ4v) is 1.64. The van der Waals surface area contributed by atoms with E-state index in [1.807, 2.05) is 11.8 Å².